The Morgan fingerprint density at radius 3 is 2.68 bits per heavy atom. The summed E-state index contributed by atoms with van der Waals surface area (Å²) < 4.78 is 0. The number of carbonyl (C=O) groups excluding carboxylic acids is 2. The van der Waals surface area contributed by atoms with Gasteiger partial charge in [-0.15, -0.1) is 0 Å². The van der Waals surface area contributed by atoms with E-state index in [4.69, 9.17) is 0 Å². The zero-order valence-corrected chi connectivity index (χ0v) is 16.3. The summed E-state index contributed by atoms with van der Waals surface area (Å²) in [6.45, 7) is 4.30. The van der Waals surface area contributed by atoms with Gasteiger partial charge in [-0.1, -0.05) is 12.1 Å². The standard InChI is InChI=1S/C22H29N3O3/c26-17-4-1-3-16(13-17)18-14-25(20(28)8-12-23-9-2-5-19(23)27)21-15-6-10-24(11-7-15)22(18)21/h1,3-4,13,15,18,21-22,26H,2,5-12,14H2. The number of amides is 2. The van der Waals surface area contributed by atoms with E-state index in [-0.39, 0.29) is 23.8 Å². The summed E-state index contributed by atoms with van der Waals surface area (Å²) in [5.74, 6) is 1.49. The van der Waals surface area contributed by atoms with Crippen molar-refractivity contribution < 1.29 is 14.7 Å². The Morgan fingerprint density at radius 1 is 1.14 bits per heavy atom. The van der Waals surface area contributed by atoms with E-state index in [1.807, 2.05) is 17.0 Å². The number of phenolic OH excluding ortho intramolecular Hbond substituents is 1. The number of hydrogen-bond acceptors (Lipinski definition) is 4. The van der Waals surface area contributed by atoms with Crippen molar-refractivity contribution >= 4 is 11.8 Å². The van der Waals surface area contributed by atoms with E-state index >= 15 is 0 Å². The van der Waals surface area contributed by atoms with Crippen LogP contribution in [0.15, 0.2) is 24.3 Å². The van der Waals surface area contributed by atoms with Gasteiger partial charge in [0.2, 0.25) is 11.8 Å². The molecule has 0 aliphatic carbocycles. The van der Waals surface area contributed by atoms with Gasteiger partial charge < -0.3 is 14.9 Å². The minimum atomic E-state index is 0.186. The third kappa shape index (κ3) is 2.98. The molecule has 6 nitrogen and oxygen atoms in total. The first-order valence-electron chi connectivity index (χ1n) is 10.7. The molecule has 0 aromatic heterocycles. The van der Waals surface area contributed by atoms with Gasteiger partial charge >= 0.3 is 0 Å². The summed E-state index contributed by atoms with van der Waals surface area (Å²) in [6, 6.07) is 8.19. The number of fused-ring (bicyclic) bond motifs is 2. The van der Waals surface area contributed by atoms with Crippen LogP contribution in [0.25, 0.3) is 0 Å². The van der Waals surface area contributed by atoms with Gasteiger partial charge in [0.15, 0.2) is 0 Å². The molecule has 5 saturated heterocycles. The Morgan fingerprint density at radius 2 is 1.96 bits per heavy atom. The van der Waals surface area contributed by atoms with Crippen molar-refractivity contribution in [1.82, 2.24) is 14.7 Å². The van der Waals surface area contributed by atoms with Gasteiger partial charge in [0.05, 0.1) is 6.04 Å². The van der Waals surface area contributed by atoms with E-state index < -0.39 is 0 Å². The molecule has 3 unspecified atom stereocenters. The largest absolute Gasteiger partial charge is 0.508 e. The van der Waals surface area contributed by atoms with E-state index in [9.17, 15) is 14.7 Å². The van der Waals surface area contributed by atoms with E-state index in [2.05, 4.69) is 15.9 Å². The van der Waals surface area contributed by atoms with Gasteiger partial charge in [-0.3, -0.25) is 14.5 Å². The van der Waals surface area contributed by atoms with Gasteiger partial charge in [-0.05, 0) is 56.0 Å². The number of likely N-dealkylation sites (tertiary alicyclic amines) is 2. The van der Waals surface area contributed by atoms with Crippen molar-refractivity contribution in [1.29, 1.82) is 0 Å². The minimum absolute atomic E-state index is 0.186. The monoisotopic (exact) mass is 383 g/mol. The molecule has 1 aromatic rings. The summed E-state index contributed by atoms with van der Waals surface area (Å²) in [5, 5.41) is 9.98. The van der Waals surface area contributed by atoms with Gasteiger partial charge in [-0.2, -0.15) is 0 Å². The zero-order chi connectivity index (χ0) is 19.3. The third-order valence-corrected chi connectivity index (χ3v) is 7.38. The SMILES string of the molecule is O=C1CCCN1CCC(=O)N1CC(c2cccc(O)c2)C2C1C1CCN2CC1. The van der Waals surface area contributed by atoms with Crippen LogP contribution >= 0.6 is 0 Å². The normalized spacial score (nSPS) is 34.1. The lowest BCUT2D eigenvalue weighted by Gasteiger charge is -2.51. The smallest absolute Gasteiger partial charge is 0.224 e. The van der Waals surface area contributed by atoms with Crippen molar-refractivity contribution in [2.75, 3.05) is 32.7 Å². The molecule has 5 heterocycles. The number of piperidine rings is 3. The van der Waals surface area contributed by atoms with E-state index in [1.54, 1.807) is 6.07 Å². The molecule has 28 heavy (non-hydrogen) atoms. The maximum absolute atomic E-state index is 13.2. The predicted molar refractivity (Wildman–Crippen MR) is 105 cm³/mol. The highest BCUT2D eigenvalue weighted by atomic mass is 16.3. The highest BCUT2D eigenvalue weighted by Gasteiger charge is 2.54. The van der Waals surface area contributed by atoms with Gasteiger partial charge in [-0.25, -0.2) is 0 Å². The molecule has 3 atom stereocenters. The number of carbonyl (C=O) groups is 2. The van der Waals surface area contributed by atoms with E-state index in [0.29, 0.717) is 37.1 Å². The van der Waals surface area contributed by atoms with E-state index in [0.717, 1.165) is 38.2 Å². The van der Waals surface area contributed by atoms with Crippen LogP contribution in [0, 0.1) is 5.92 Å². The van der Waals surface area contributed by atoms with Crippen LogP contribution in [-0.4, -0.2) is 76.4 Å². The van der Waals surface area contributed by atoms with Gasteiger partial charge in [0.25, 0.3) is 0 Å². The van der Waals surface area contributed by atoms with Crippen molar-refractivity contribution in [2.45, 2.75) is 50.1 Å². The van der Waals surface area contributed by atoms with Crippen LogP contribution in [0.2, 0.25) is 0 Å². The Hall–Kier alpha value is -2.08. The molecule has 2 bridgehead atoms. The lowest BCUT2D eigenvalue weighted by atomic mass is 9.75. The second-order valence-electron chi connectivity index (χ2n) is 8.84. The molecule has 6 heteroatoms. The lowest BCUT2D eigenvalue weighted by Crippen LogP contribution is -2.60. The fourth-order valence-electron chi connectivity index (χ4n) is 6.07. The van der Waals surface area contributed by atoms with Crippen LogP contribution in [0.1, 0.15) is 43.6 Å². The first kappa shape index (κ1) is 18.0. The quantitative estimate of drug-likeness (QED) is 0.861. The Balaban J connectivity index is 1.37. The molecular formula is C22H29N3O3. The molecule has 5 fully saturated rings. The number of phenols is 1. The predicted octanol–water partition coefficient (Wildman–Crippen LogP) is 1.79. The molecule has 1 N–H and O–H groups in total. The first-order valence-corrected chi connectivity index (χ1v) is 10.7. The maximum Gasteiger partial charge on any atom is 0.224 e. The topological polar surface area (TPSA) is 64.1 Å². The molecular weight excluding hydrogens is 354 g/mol. The fraction of sp³-hybridized carbons (Fsp3) is 0.636. The van der Waals surface area contributed by atoms with Crippen molar-refractivity contribution in [3.8, 4) is 5.75 Å². The number of rotatable bonds is 4. The average molecular weight is 383 g/mol. The molecule has 0 saturated carbocycles. The number of hydrogen-bond donors (Lipinski definition) is 1. The number of nitrogens with zero attached hydrogens (tertiary/aromatic N) is 3. The Kier molecular flexibility index (Phi) is 4.54. The second kappa shape index (κ2) is 7.07. The van der Waals surface area contributed by atoms with Crippen molar-refractivity contribution in [3.63, 3.8) is 0 Å². The molecule has 5 aliphatic heterocycles. The van der Waals surface area contributed by atoms with Gasteiger partial charge in [0.1, 0.15) is 5.75 Å². The highest BCUT2D eigenvalue weighted by Crippen LogP contribution is 2.47. The summed E-state index contributed by atoms with van der Waals surface area (Å²) in [7, 11) is 0. The lowest BCUT2D eigenvalue weighted by molar-refractivity contribution is -0.137. The van der Waals surface area contributed by atoms with Crippen molar-refractivity contribution in [2.24, 2.45) is 5.92 Å². The second-order valence-corrected chi connectivity index (χ2v) is 8.84. The molecule has 5 aliphatic rings. The summed E-state index contributed by atoms with van der Waals surface area (Å²) in [5.41, 5.74) is 1.13. The van der Waals surface area contributed by atoms with Crippen LogP contribution in [0.3, 0.4) is 0 Å². The summed E-state index contributed by atoms with van der Waals surface area (Å²) in [6.07, 6.45) is 4.30. The minimum Gasteiger partial charge on any atom is -0.508 e. The molecule has 0 spiro atoms. The molecule has 6 rings (SSSR count). The van der Waals surface area contributed by atoms with Crippen LogP contribution in [0.5, 0.6) is 5.75 Å². The maximum atomic E-state index is 13.2. The average Bonchev–Trinajstić information content (AvgIpc) is 3.32. The third-order valence-electron chi connectivity index (χ3n) is 7.38. The molecule has 1 aromatic carbocycles. The van der Waals surface area contributed by atoms with Crippen LogP contribution in [-0.2, 0) is 9.59 Å². The summed E-state index contributed by atoms with van der Waals surface area (Å²) >= 11 is 0. The first-order chi connectivity index (χ1) is 13.6. The molecule has 2 amide bonds. The highest BCUT2D eigenvalue weighted by molar-refractivity contribution is 5.80. The van der Waals surface area contributed by atoms with Crippen LogP contribution < -0.4 is 0 Å². The van der Waals surface area contributed by atoms with Crippen LogP contribution in [0.4, 0.5) is 0 Å². The van der Waals surface area contributed by atoms with E-state index in [1.165, 1.54) is 12.8 Å². The Bertz CT molecular complexity index is 774. The number of benzene rings is 1. The zero-order valence-electron chi connectivity index (χ0n) is 16.3. The van der Waals surface area contributed by atoms with Crippen molar-refractivity contribution in [3.05, 3.63) is 29.8 Å². The Labute approximate surface area is 166 Å². The molecule has 0 radical (unpaired) electrons. The molecule has 150 valence electrons. The fourth-order valence-corrected chi connectivity index (χ4v) is 6.07. The number of aromatic hydroxyl groups is 1. The summed E-state index contributed by atoms with van der Waals surface area (Å²) in [4.78, 5) is 31.6. The van der Waals surface area contributed by atoms with Gasteiger partial charge in [0, 0.05) is 44.4 Å².